The van der Waals surface area contributed by atoms with Crippen molar-refractivity contribution >= 4 is 17.4 Å². The van der Waals surface area contributed by atoms with Crippen LogP contribution in [0.2, 0.25) is 0 Å². The van der Waals surface area contributed by atoms with Crippen molar-refractivity contribution in [3.63, 3.8) is 0 Å². The minimum absolute atomic E-state index is 0.149. The van der Waals surface area contributed by atoms with E-state index in [0.29, 0.717) is 35.4 Å². The number of halogens is 1. The molecular weight excluding hydrogens is 367 g/mol. The molecule has 29 heavy (non-hydrogen) atoms. The quantitative estimate of drug-likeness (QED) is 0.538. The molecule has 2 aromatic carbocycles. The molecule has 4 rings (SSSR count). The Kier molecular flexibility index (Phi) is 5.08. The summed E-state index contributed by atoms with van der Waals surface area (Å²) in [7, 11) is 0. The molecule has 6 heteroatoms. The summed E-state index contributed by atoms with van der Waals surface area (Å²) in [6.07, 6.45) is 0.956. The van der Waals surface area contributed by atoms with E-state index in [1.165, 1.54) is 12.1 Å². The fourth-order valence-corrected chi connectivity index (χ4v) is 3.42. The molecule has 0 bridgehead atoms. The molecule has 0 aliphatic heterocycles. The van der Waals surface area contributed by atoms with Gasteiger partial charge in [0.1, 0.15) is 5.82 Å². The Balaban J connectivity index is 1.70. The summed E-state index contributed by atoms with van der Waals surface area (Å²) in [5, 5.41) is 7.46. The topological polar surface area (TPSA) is 59.3 Å². The van der Waals surface area contributed by atoms with Crippen LogP contribution in [-0.4, -0.2) is 20.5 Å². The highest BCUT2D eigenvalue weighted by molar-refractivity contribution is 5.98. The van der Waals surface area contributed by atoms with Crippen molar-refractivity contribution in [2.45, 2.75) is 26.7 Å². The summed E-state index contributed by atoms with van der Waals surface area (Å²) in [5.74, 6) is -0.119. The fraction of sp³-hybridized carbons (Fsp3) is 0.174. The summed E-state index contributed by atoms with van der Waals surface area (Å²) in [5.41, 5.74) is 4.63. The smallest absolute Gasteiger partial charge is 0.225 e. The molecule has 1 amide bonds. The van der Waals surface area contributed by atoms with Gasteiger partial charge in [0.05, 0.1) is 5.56 Å². The maximum absolute atomic E-state index is 13.9. The third-order valence-corrected chi connectivity index (χ3v) is 4.75. The number of anilines is 1. The van der Waals surface area contributed by atoms with Crippen LogP contribution in [0.1, 0.15) is 23.4 Å². The van der Waals surface area contributed by atoms with Crippen molar-refractivity contribution in [1.29, 1.82) is 0 Å². The highest BCUT2D eigenvalue weighted by Crippen LogP contribution is 2.32. The van der Waals surface area contributed by atoms with Crippen molar-refractivity contribution in [2.75, 3.05) is 5.32 Å². The number of nitrogens with zero attached hydrogens (tertiary/aromatic N) is 3. The number of carbonyl (C=O) groups is 1. The van der Waals surface area contributed by atoms with Gasteiger partial charge in [-0.2, -0.15) is 0 Å². The van der Waals surface area contributed by atoms with E-state index in [1.54, 1.807) is 16.6 Å². The van der Waals surface area contributed by atoms with Gasteiger partial charge < -0.3 is 5.32 Å². The lowest BCUT2D eigenvalue weighted by Crippen LogP contribution is -2.13. The lowest BCUT2D eigenvalue weighted by Gasteiger charge is -2.06. The second-order valence-corrected chi connectivity index (χ2v) is 7.04. The first-order chi connectivity index (χ1) is 14.0. The van der Waals surface area contributed by atoms with E-state index in [1.807, 2.05) is 50.2 Å². The molecular formula is C23H21FN4O. The van der Waals surface area contributed by atoms with E-state index in [4.69, 9.17) is 0 Å². The van der Waals surface area contributed by atoms with Crippen molar-refractivity contribution < 1.29 is 9.18 Å². The average molecular weight is 388 g/mol. The number of aromatic nitrogens is 3. The standard InChI is InChI=1S/C23H21FN4O/c1-15-13-16(2)28-23(25-15)21(18-9-6-10-19(24)14-18)22(27-28)26-20(29)12-11-17-7-4-3-5-8-17/h3-10,13-14H,11-12H2,1-2H3,(H,26,27,29). The number of nitrogens with one attached hydrogen (secondary N) is 1. The second-order valence-electron chi connectivity index (χ2n) is 7.04. The predicted molar refractivity (Wildman–Crippen MR) is 111 cm³/mol. The van der Waals surface area contributed by atoms with Crippen LogP contribution in [0.3, 0.4) is 0 Å². The molecule has 0 unspecified atom stereocenters. The zero-order valence-electron chi connectivity index (χ0n) is 16.3. The number of fused-ring (bicyclic) bond motifs is 1. The van der Waals surface area contributed by atoms with Gasteiger partial charge in [0, 0.05) is 17.8 Å². The first-order valence-electron chi connectivity index (χ1n) is 9.48. The Morgan fingerprint density at radius 3 is 2.62 bits per heavy atom. The van der Waals surface area contributed by atoms with Gasteiger partial charge in [-0.15, -0.1) is 5.10 Å². The Morgan fingerprint density at radius 1 is 1.07 bits per heavy atom. The van der Waals surface area contributed by atoms with E-state index >= 15 is 0 Å². The Morgan fingerprint density at radius 2 is 1.86 bits per heavy atom. The van der Waals surface area contributed by atoms with Crippen LogP contribution in [0, 0.1) is 19.7 Å². The highest BCUT2D eigenvalue weighted by atomic mass is 19.1. The summed E-state index contributed by atoms with van der Waals surface area (Å²) in [6.45, 7) is 3.82. The maximum atomic E-state index is 13.9. The Bertz CT molecular complexity index is 1180. The molecule has 146 valence electrons. The molecule has 0 saturated heterocycles. The van der Waals surface area contributed by atoms with E-state index < -0.39 is 0 Å². The van der Waals surface area contributed by atoms with Crippen molar-refractivity contribution in [3.8, 4) is 11.1 Å². The van der Waals surface area contributed by atoms with Crippen molar-refractivity contribution in [3.05, 3.63) is 83.4 Å². The van der Waals surface area contributed by atoms with Crippen LogP contribution in [0.4, 0.5) is 10.2 Å². The Hall–Kier alpha value is -3.54. The molecule has 2 aromatic heterocycles. The number of carbonyl (C=O) groups excluding carboxylic acids is 1. The van der Waals surface area contributed by atoms with Crippen LogP contribution in [-0.2, 0) is 11.2 Å². The molecule has 4 aromatic rings. The van der Waals surface area contributed by atoms with Crippen LogP contribution in [0.15, 0.2) is 60.7 Å². The van der Waals surface area contributed by atoms with E-state index in [9.17, 15) is 9.18 Å². The molecule has 0 saturated carbocycles. The van der Waals surface area contributed by atoms with Gasteiger partial charge in [-0.1, -0.05) is 42.5 Å². The monoisotopic (exact) mass is 388 g/mol. The number of hydrogen-bond acceptors (Lipinski definition) is 3. The molecule has 0 atom stereocenters. The molecule has 0 radical (unpaired) electrons. The summed E-state index contributed by atoms with van der Waals surface area (Å²) in [4.78, 5) is 17.2. The van der Waals surface area contributed by atoms with Gasteiger partial charge >= 0.3 is 0 Å². The van der Waals surface area contributed by atoms with Gasteiger partial charge in [0.2, 0.25) is 5.91 Å². The number of rotatable bonds is 5. The summed E-state index contributed by atoms with van der Waals surface area (Å²) in [6, 6.07) is 18.0. The van der Waals surface area contributed by atoms with Crippen molar-refractivity contribution in [1.82, 2.24) is 14.6 Å². The molecule has 2 heterocycles. The molecule has 0 fully saturated rings. The molecule has 1 N–H and O–H groups in total. The maximum Gasteiger partial charge on any atom is 0.225 e. The second kappa shape index (κ2) is 7.83. The largest absolute Gasteiger partial charge is 0.309 e. The fourth-order valence-electron chi connectivity index (χ4n) is 3.42. The average Bonchev–Trinajstić information content (AvgIpc) is 3.05. The normalized spacial score (nSPS) is 11.0. The lowest BCUT2D eigenvalue weighted by molar-refractivity contribution is -0.116. The number of amides is 1. The van der Waals surface area contributed by atoms with Gasteiger partial charge in [-0.25, -0.2) is 13.9 Å². The van der Waals surface area contributed by atoms with Crippen molar-refractivity contribution in [2.24, 2.45) is 0 Å². The van der Waals surface area contributed by atoms with Gasteiger partial charge in [-0.3, -0.25) is 4.79 Å². The SMILES string of the molecule is Cc1cc(C)n2nc(NC(=O)CCc3ccccc3)c(-c3cccc(F)c3)c2n1. The van der Waals surface area contributed by atoms with E-state index in [0.717, 1.165) is 17.0 Å². The number of aryl methyl sites for hydroxylation is 3. The summed E-state index contributed by atoms with van der Waals surface area (Å²) < 4.78 is 15.6. The third kappa shape index (κ3) is 4.01. The molecule has 0 spiro atoms. The van der Waals surface area contributed by atoms with Crippen LogP contribution in [0.5, 0.6) is 0 Å². The number of benzene rings is 2. The number of hydrogen-bond donors (Lipinski definition) is 1. The van der Waals surface area contributed by atoms with E-state index in [-0.39, 0.29) is 11.7 Å². The van der Waals surface area contributed by atoms with Crippen LogP contribution < -0.4 is 5.32 Å². The van der Waals surface area contributed by atoms with Crippen LogP contribution in [0.25, 0.3) is 16.8 Å². The van der Waals surface area contributed by atoms with E-state index in [2.05, 4.69) is 15.4 Å². The first-order valence-corrected chi connectivity index (χ1v) is 9.48. The van der Waals surface area contributed by atoms with Gasteiger partial charge in [0.25, 0.3) is 0 Å². The molecule has 0 aliphatic carbocycles. The summed E-state index contributed by atoms with van der Waals surface area (Å²) >= 11 is 0. The highest BCUT2D eigenvalue weighted by Gasteiger charge is 2.19. The lowest BCUT2D eigenvalue weighted by atomic mass is 10.1. The molecule has 0 aliphatic rings. The van der Waals surface area contributed by atoms with Gasteiger partial charge in [-0.05, 0) is 49.6 Å². The Labute approximate surface area is 168 Å². The minimum atomic E-state index is -0.354. The zero-order valence-corrected chi connectivity index (χ0v) is 16.3. The third-order valence-electron chi connectivity index (χ3n) is 4.75. The minimum Gasteiger partial charge on any atom is -0.309 e. The predicted octanol–water partition coefficient (Wildman–Crippen LogP) is 4.72. The van der Waals surface area contributed by atoms with Gasteiger partial charge in [0.15, 0.2) is 11.5 Å². The first kappa shape index (κ1) is 18.8. The van der Waals surface area contributed by atoms with Crippen LogP contribution >= 0.6 is 0 Å². The zero-order chi connectivity index (χ0) is 20.4. The molecule has 5 nitrogen and oxygen atoms in total.